The van der Waals surface area contributed by atoms with Crippen LogP contribution in [0.5, 0.6) is 5.75 Å². The van der Waals surface area contributed by atoms with E-state index in [1.165, 1.54) is 6.07 Å². The fourth-order valence-corrected chi connectivity index (χ4v) is 2.31. The van der Waals surface area contributed by atoms with Gasteiger partial charge in [0.1, 0.15) is 0 Å². The second-order valence-corrected chi connectivity index (χ2v) is 6.59. The van der Waals surface area contributed by atoms with Gasteiger partial charge in [0, 0.05) is 24.2 Å². The molecular formula is C17H23FO3. The normalized spacial score (nSPS) is 16.8. The molecule has 0 atom stereocenters. The first kappa shape index (κ1) is 16.0. The zero-order valence-corrected chi connectivity index (χ0v) is 12.9. The molecule has 3 nitrogen and oxygen atoms in total. The minimum atomic E-state index is -0.517. The van der Waals surface area contributed by atoms with Crippen molar-refractivity contribution in [3.63, 3.8) is 0 Å². The summed E-state index contributed by atoms with van der Waals surface area (Å²) < 4.78 is 24.9. The van der Waals surface area contributed by atoms with Gasteiger partial charge in [0.25, 0.3) is 0 Å². The number of ketones is 1. The Hall–Kier alpha value is -1.42. The first-order valence-corrected chi connectivity index (χ1v) is 7.43. The van der Waals surface area contributed by atoms with Crippen LogP contribution in [-0.2, 0) is 4.74 Å². The van der Waals surface area contributed by atoms with E-state index in [0.717, 1.165) is 26.1 Å². The Labute approximate surface area is 125 Å². The summed E-state index contributed by atoms with van der Waals surface area (Å²) >= 11 is 0. The fraction of sp³-hybridized carbons (Fsp3) is 0.588. The predicted octanol–water partition coefficient (Wildman–Crippen LogP) is 3.86. The lowest BCUT2D eigenvalue weighted by atomic mass is 9.86. The second-order valence-electron chi connectivity index (χ2n) is 6.59. The van der Waals surface area contributed by atoms with E-state index in [1.54, 1.807) is 12.1 Å². The van der Waals surface area contributed by atoms with Crippen LogP contribution < -0.4 is 4.74 Å². The summed E-state index contributed by atoms with van der Waals surface area (Å²) in [7, 11) is 0. The van der Waals surface area contributed by atoms with Crippen molar-refractivity contribution < 1.29 is 18.7 Å². The van der Waals surface area contributed by atoms with E-state index in [0.29, 0.717) is 18.1 Å². The van der Waals surface area contributed by atoms with Gasteiger partial charge in [-0.1, -0.05) is 20.8 Å². The Balaban J connectivity index is 2.00. The molecule has 0 spiro atoms. The highest BCUT2D eigenvalue weighted by molar-refractivity contribution is 5.99. The van der Waals surface area contributed by atoms with Crippen LogP contribution in [0.1, 0.15) is 44.0 Å². The molecule has 0 N–H and O–H groups in total. The number of hydrogen-bond acceptors (Lipinski definition) is 3. The molecule has 0 saturated carbocycles. The maximum Gasteiger partial charge on any atom is 0.168 e. The van der Waals surface area contributed by atoms with Gasteiger partial charge in [0.15, 0.2) is 17.3 Å². The van der Waals surface area contributed by atoms with Gasteiger partial charge in [-0.2, -0.15) is 0 Å². The smallest absolute Gasteiger partial charge is 0.168 e. The van der Waals surface area contributed by atoms with Crippen molar-refractivity contribution in [1.82, 2.24) is 0 Å². The molecule has 1 aromatic carbocycles. The summed E-state index contributed by atoms with van der Waals surface area (Å²) in [5.41, 5.74) is -0.130. The van der Waals surface area contributed by atoms with Crippen LogP contribution in [0, 0.1) is 17.2 Å². The monoisotopic (exact) mass is 294 g/mol. The summed E-state index contributed by atoms with van der Waals surface area (Å²) in [6.07, 6.45) is 1.89. The van der Waals surface area contributed by atoms with Crippen LogP contribution >= 0.6 is 0 Å². The summed E-state index contributed by atoms with van der Waals surface area (Å²) in [5.74, 6) is 0.0792. The standard InChI is InChI=1S/C17H23FO3/c1-17(2,3)16(19)13-4-5-15(14(18)10-13)21-11-12-6-8-20-9-7-12/h4-5,10,12H,6-9,11H2,1-3H3. The molecule has 0 radical (unpaired) electrons. The minimum Gasteiger partial charge on any atom is -0.490 e. The maximum atomic E-state index is 14.1. The minimum absolute atomic E-state index is 0.0719. The first-order valence-electron chi connectivity index (χ1n) is 7.43. The fourth-order valence-electron chi connectivity index (χ4n) is 2.31. The number of halogens is 1. The van der Waals surface area contributed by atoms with E-state index in [2.05, 4.69) is 0 Å². The topological polar surface area (TPSA) is 35.5 Å². The highest BCUT2D eigenvalue weighted by Crippen LogP contribution is 2.25. The van der Waals surface area contributed by atoms with Crippen molar-refractivity contribution in [2.45, 2.75) is 33.6 Å². The Bertz CT molecular complexity index is 499. The number of rotatable bonds is 4. The lowest BCUT2D eigenvalue weighted by molar-refractivity contribution is 0.0491. The third kappa shape index (κ3) is 4.27. The average molecular weight is 294 g/mol. The SMILES string of the molecule is CC(C)(C)C(=O)c1ccc(OCC2CCOCC2)c(F)c1. The van der Waals surface area contributed by atoms with Gasteiger partial charge >= 0.3 is 0 Å². The molecule has 2 rings (SSSR count). The molecule has 0 bridgehead atoms. The molecule has 116 valence electrons. The third-order valence-corrected chi connectivity index (χ3v) is 3.69. The molecule has 0 aromatic heterocycles. The molecule has 1 saturated heterocycles. The van der Waals surface area contributed by atoms with Crippen molar-refractivity contribution >= 4 is 5.78 Å². The number of carbonyl (C=O) groups is 1. The number of carbonyl (C=O) groups excluding carboxylic acids is 1. The lowest BCUT2D eigenvalue weighted by Gasteiger charge is -2.22. The number of ether oxygens (including phenoxy) is 2. The highest BCUT2D eigenvalue weighted by atomic mass is 19.1. The zero-order chi connectivity index (χ0) is 15.5. The summed E-state index contributed by atoms with van der Waals surface area (Å²) in [6, 6.07) is 4.45. The van der Waals surface area contributed by atoms with Crippen LogP contribution in [0.15, 0.2) is 18.2 Å². The molecule has 0 amide bonds. The van der Waals surface area contributed by atoms with E-state index < -0.39 is 11.2 Å². The molecule has 1 aromatic rings. The maximum absolute atomic E-state index is 14.1. The van der Waals surface area contributed by atoms with Crippen LogP contribution in [0.2, 0.25) is 0 Å². The number of Topliss-reactive ketones (excluding diaryl/α,β-unsaturated/α-hetero) is 1. The summed E-state index contributed by atoms with van der Waals surface area (Å²) in [4.78, 5) is 12.1. The van der Waals surface area contributed by atoms with Crippen molar-refractivity contribution in [3.05, 3.63) is 29.6 Å². The Kier molecular flexibility index (Phi) is 4.99. The zero-order valence-electron chi connectivity index (χ0n) is 12.9. The van der Waals surface area contributed by atoms with Gasteiger partial charge in [-0.3, -0.25) is 4.79 Å². The van der Waals surface area contributed by atoms with Gasteiger partial charge in [-0.15, -0.1) is 0 Å². The Morgan fingerprint density at radius 2 is 2.00 bits per heavy atom. The van der Waals surface area contributed by atoms with E-state index in [4.69, 9.17) is 9.47 Å². The summed E-state index contributed by atoms with van der Waals surface area (Å²) in [6.45, 7) is 7.45. The van der Waals surface area contributed by atoms with Gasteiger partial charge in [0.05, 0.1) is 6.61 Å². The van der Waals surface area contributed by atoms with Gasteiger partial charge in [0.2, 0.25) is 0 Å². The third-order valence-electron chi connectivity index (χ3n) is 3.69. The van der Waals surface area contributed by atoms with Crippen LogP contribution in [0.4, 0.5) is 4.39 Å². The molecule has 21 heavy (non-hydrogen) atoms. The van der Waals surface area contributed by atoms with Crippen molar-refractivity contribution in [1.29, 1.82) is 0 Å². The van der Waals surface area contributed by atoms with Crippen molar-refractivity contribution in [2.24, 2.45) is 11.3 Å². The Morgan fingerprint density at radius 3 is 2.57 bits per heavy atom. The summed E-state index contributed by atoms with van der Waals surface area (Å²) in [5, 5.41) is 0. The van der Waals surface area contributed by atoms with Crippen molar-refractivity contribution in [3.8, 4) is 5.75 Å². The quantitative estimate of drug-likeness (QED) is 0.791. The highest BCUT2D eigenvalue weighted by Gasteiger charge is 2.24. The average Bonchev–Trinajstić information content (AvgIpc) is 2.45. The molecule has 0 aliphatic carbocycles. The van der Waals surface area contributed by atoms with Crippen molar-refractivity contribution in [2.75, 3.05) is 19.8 Å². The molecule has 4 heteroatoms. The molecular weight excluding hydrogens is 271 g/mol. The van der Waals surface area contributed by atoms with Gasteiger partial charge in [-0.25, -0.2) is 4.39 Å². The van der Waals surface area contributed by atoms with Crippen LogP contribution in [0.25, 0.3) is 0 Å². The molecule has 1 fully saturated rings. The number of benzene rings is 1. The molecule has 0 unspecified atom stereocenters. The van der Waals surface area contributed by atoms with Crippen LogP contribution in [0.3, 0.4) is 0 Å². The molecule has 1 heterocycles. The van der Waals surface area contributed by atoms with E-state index in [-0.39, 0.29) is 11.5 Å². The van der Waals surface area contributed by atoms with E-state index in [9.17, 15) is 9.18 Å². The van der Waals surface area contributed by atoms with E-state index in [1.807, 2.05) is 20.8 Å². The lowest BCUT2D eigenvalue weighted by Crippen LogP contribution is -2.22. The molecule has 1 aliphatic heterocycles. The van der Waals surface area contributed by atoms with Gasteiger partial charge in [-0.05, 0) is 37.0 Å². The van der Waals surface area contributed by atoms with E-state index >= 15 is 0 Å². The predicted molar refractivity (Wildman–Crippen MR) is 79.2 cm³/mol. The second kappa shape index (κ2) is 6.56. The largest absolute Gasteiger partial charge is 0.490 e. The first-order chi connectivity index (χ1) is 9.88. The Morgan fingerprint density at radius 1 is 1.33 bits per heavy atom. The molecule has 1 aliphatic rings. The van der Waals surface area contributed by atoms with Crippen LogP contribution in [-0.4, -0.2) is 25.6 Å². The van der Waals surface area contributed by atoms with Gasteiger partial charge < -0.3 is 9.47 Å². The number of hydrogen-bond donors (Lipinski definition) is 0.